The van der Waals surface area contributed by atoms with Gasteiger partial charge in [0.15, 0.2) is 0 Å². The van der Waals surface area contributed by atoms with Crippen LogP contribution in [0.15, 0.2) is 60.7 Å². The highest BCUT2D eigenvalue weighted by atomic mass is 16.6. The first-order valence-corrected chi connectivity index (χ1v) is 20.7. The number of aromatic nitrogens is 3. The highest BCUT2D eigenvalue weighted by Crippen LogP contribution is 2.41. The number of aliphatic hydroxyl groups excluding tert-OH is 1. The molecule has 11 nitrogen and oxygen atoms in total. The van der Waals surface area contributed by atoms with Gasteiger partial charge in [-0.2, -0.15) is 0 Å². The minimum Gasteiger partial charge on any atom is -0.441 e. The molecule has 5 rings (SSSR count). The van der Waals surface area contributed by atoms with Gasteiger partial charge in [-0.15, -0.1) is 5.10 Å². The number of carbonyl (C=O) groups is 3. The number of hydrogen-bond acceptors (Lipinski definition) is 7. The number of aliphatic hydroxyl groups is 1. The Labute approximate surface area is 327 Å². The molecule has 4 N–H and O–H groups in total. The summed E-state index contributed by atoms with van der Waals surface area (Å²) in [6.45, 7) is 6.75. The van der Waals surface area contributed by atoms with Crippen LogP contribution >= 0.6 is 0 Å². The number of alkyl carbamates (subject to hydrolysis) is 1. The van der Waals surface area contributed by atoms with Crippen LogP contribution in [0.5, 0.6) is 0 Å². The number of nitrogens with zero attached hydrogens (tertiary/aromatic N) is 3. The van der Waals surface area contributed by atoms with Crippen molar-refractivity contribution in [1.29, 1.82) is 0 Å². The molecule has 0 radical (unpaired) electrons. The molecule has 2 aliphatic carbocycles. The van der Waals surface area contributed by atoms with Gasteiger partial charge in [0.1, 0.15) is 11.8 Å². The Hall–Kier alpha value is -4.51. The van der Waals surface area contributed by atoms with Crippen LogP contribution in [-0.4, -0.2) is 64.2 Å². The molecule has 2 aromatic carbocycles. The van der Waals surface area contributed by atoms with Crippen molar-refractivity contribution in [3.8, 4) is 22.5 Å². The number of benzene rings is 2. The van der Waals surface area contributed by atoms with Crippen molar-refractivity contribution in [2.75, 3.05) is 26.2 Å². The molecule has 0 spiro atoms. The molecule has 1 aromatic heterocycles. The maximum absolute atomic E-state index is 13.1. The summed E-state index contributed by atoms with van der Waals surface area (Å²) in [6, 6.07) is 16.1. The Morgan fingerprint density at radius 2 is 1.56 bits per heavy atom. The van der Waals surface area contributed by atoms with E-state index in [4.69, 9.17) is 14.9 Å². The molecular weight excluding hydrogens is 693 g/mol. The van der Waals surface area contributed by atoms with Crippen LogP contribution in [0.25, 0.3) is 22.5 Å². The second-order valence-electron chi connectivity index (χ2n) is 15.6. The Balaban J connectivity index is 1.15. The molecule has 4 atom stereocenters. The van der Waals surface area contributed by atoms with Crippen molar-refractivity contribution in [2.24, 2.45) is 17.8 Å². The van der Waals surface area contributed by atoms with Crippen molar-refractivity contribution in [2.45, 2.75) is 116 Å². The topological polar surface area (TPSA) is 147 Å². The van der Waals surface area contributed by atoms with E-state index in [0.717, 1.165) is 97.5 Å². The third-order valence-corrected chi connectivity index (χ3v) is 10.9. The van der Waals surface area contributed by atoms with Gasteiger partial charge in [-0.3, -0.25) is 9.59 Å². The van der Waals surface area contributed by atoms with Gasteiger partial charge in [0, 0.05) is 62.1 Å². The average molecular weight is 755 g/mol. The SMILES string of the molecule is CC1CC/C=C\CC(CNC(=O)CCCCCn2nnc3c2-c2ccccc2C(OC(=O)NCCCCCC(=O)NCCO)Cc2ccccc2-3)CC(C)C1. The summed E-state index contributed by atoms with van der Waals surface area (Å²) in [5, 5.41) is 27.0. The molecular formula is C44H62N6O5. The zero-order valence-corrected chi connectivity index (χ0v) is 32.9. The van der Waals surface area contributed by atoms with E-state index in [1.807, 2.05) is 41.1 Å². The van der Waals surface area contributed by atoms with Gasteiger partial charge in [0.25, 0.3) is 0 Å². The third kappa shape index (κ3) is 13.0. The summed E-state index contributed by atoms with van der Waals surface area (Å²) in [5.41, 5.74) is 5.56. The van der Waals surface area contributed by atoms with Crippen LogP contribution in [0.2, 0.25) is 0 Å². The number of hydrogen-bond donors (Lipinski definition) is 4. The number of aryl methyl sites for hydroxylation is 1. The molecule has 2 aliphatic rings. The smallest absolute Gasteiger partial charge is 0.407 e. The lowest BCUT2D eigenvalue weighted by atomic mass is 9.84. The number of unbranched alkanes of at least 4 members (excludes halogenated alkanes) is 4. The maximum Gasteiger partial charge on any atom is 0.407 e. The average Bonchev–Trinajstić information content (AvgIpc) is 3.59. The van der Waals surface area contributed by atoms with Gasteiger partial charge in [-0.05, 0) is 81.1 Å². The summed E-state index contributed by atoms with van der Waals surface area (Å²) in [5.74, 6) is 1.97. The molecule has 4 unspecified atom stereocenters. The van der Waals surface area contributed by atoms with Crippen LogP contribution in [0.3, 0.4) is 0 Å². The number of amides is 3. The van der Waals surface area contributed by atoms with Gasteiger partial charge in [-0.25, -0.2) is 9.48 Å². The quantitative estimate of drug-likeness (QED) is 0.0816. The lowest BCUT2D eigenvalue weighted by Crippen LogP contribution is -2.30. The van der Waals surface area contributed by atoms with Crippen molar-refractivity contribution in [3.05, 3.63) is 71.8 Å². The fourth-order valence-corrected chi connectivity index (χ4v) is 8.08. The number of allylic oxidation sites excluding steroid dienone is 2. The van der Waals surface area contributed by atoms with Crippen LogP contribution < -0.4 is 16.0 Å². The molecule has 0 fully saturated rings. The Kier molecular flexibility index (Phi) is 16.8. The standard InChI is InChI=1S/C44H62N6O5/c1-32-16-6-3-7-17-34(29-33(2)28-32)31-47-41(53)23-9-5-15-26-50-43-38-21-13-12-20-37(38)39(30-35-18-10-11-19-36(35)42(43)48-49-50)55-44(54)46-24-14-4-8-22-40(52)45-25-27-51/h3,7,10-13,18-21,32-34,39,51H,4-6,8-9,14-17,22-31H2,1-2H3,(H,45,52)(H,46,54)(H,47,53)/b7-3-. The Morgan fingerprint density at radius 1 is 0.818 bits per heavy atom. The molecule has 55 heavy (non-hydrogen) atoms. The van der Waals surface area contributed by atoms with Crippen LogP contribution in [0, 0.1) is 17.8 Å². The van der Waals surface area contributed by atoms with Gasteiger partial charge >= 0.3 is 6.09 Å². The molecule has 0 saturated carbocycles. The zero-order valence-electron chi connectivity index (χ0n) is 32.9. The minimum atomic E-state index is -0.526. The van der Waals surface area contributed by atoms with Crippen molar-refractivity contribution < 1.29 is 24.2 Å². The number of carbonyl (C=O) groups excluding carboxylic acids is 3. The molecule has 3 aromatic rings. The first-order chi connectivity index (χ1) is 26.8. The molecule has 3 amide bonds. The fraction of sp³-hybridized carbons (Fsp3) is 0.568. The van der Waals surface area contributed by atoms with Crippen molar-refractivity contribution in [1.82, 2.24) is 30.9 Å². The lowest BCUT2D eigenvalue weighted by molar-refractivity contribution is -0.122. The van der Waals surface area contributed by atoms with Crippen LogP contribution in [-0.2, 0) is 27.3 Å². The first-order valence-electron chi connectivity index (χ1n) is 20.7. The second-order valence-corrected chi connectivity index (χ2v) is 15.6. The predicted molar refractivity (Wildman–Crippen MR) is 216 cm³/mol. The molecule has 298 valence electrons. The normalized spacial score (nSPS) is 20.1. The Morgan fingerprint density at radius 3 is 2.38 bits per heavy atom. The summed E-state index contributed by atoms with van der Waals surface area (Å²) in [4.78, 5) is 37.7. The summed E-state index contributed by atoms with van der Waals surface area (Å²) in [7, 11) is 0. The number of nitrogens with one attached hydrogen (secondary N) is 3. The molecule has 0 saturated heterocycles. The van der Waals surface area contributed by atoms with E-state index in [2.05, 4.69) is 59.3 Å². The van der Waals surface area contributed by atoms with Gasteiger partial charge in [-0.1, -0.05) is 92.6 Å². The monoisotopic (exact) mass is 754 g/mol. The van der Waals surface area contributed by atoms with E-state index in [9.17, 15) is 14.4 Å². The Bertz CT molecular complexity index is 1700. The van der Waals surface area contributed by atoms with Crippen molar-refractivity contribution in [3.63, 3.8) is 0 Å². The van der Waals surface area contributed by atoms with E-state index in [1.54, 1.807) is 0 Å². The highest BCUT2D eigenvalue weighted by Gasteiger charge is 2.30. The number of fused-ring (bicyclic) bond motifs is 5. The minimum absolute atomic E-state index is 0.0723. The van der Waals surface area contributed by atoms with Crippen LogP contribution in [0.4, 0.5) is 4.79 Å². The predicted octanol–water partition coefficient (Wildman–Crippen LogP) is 7.69. The van der Waals surface area contributed by atoms with Crippen molar-refractivity contribution >= 4 is 17.9 Å². The third-order valence-electron chi connectivity index (χ3n) is 10.9. The summed E-state index contributed by atoms with van der Waals surface area (Å²) >= 11 is 0. The molecule has 11 heteroatoms. The van der Waals surface area contributed by atoms with E-state index in [1.165, 1.54) is 12.8 Å². The zero-order chi connectivity index (χ0) is 38.8. The van der Waals surface area contributed by atoms with Gasteiger partial charge < -0.3 is 25.8 Å². The number of ether oxygens (including phenoxy) is 1. The van der Waals surface area contributed by atoms with Crippen LogP contribution in [0.1, 0.15) is 115 Å². The summed E-state index contributed by atoms with van der Waals surface area (Å²) in [6.07, 6.45) is 15.7. The summed E-state index contributed by atoms with van der Waals surface area (Å²) < 4.78 is 8.09. The first kappa shape index (κ1) is 41.6. The van der Waals surface area contributed by atoms with E-state index >= 15 is 0 Å². The van der Waals surface area contributed by atoms with Gasteiger partial charge in [0.2, 0.25) is 11.8 Å². The van der Waals surface area contributed by atoms with E-state index in [0.29, 0.717) is 50.6 Å². The maximum atomic E-state index is 13.1. The van der Waals surface area contributed by atoms with Gasteiger partial charge in [0.05, 0.1) is 12.3 Å². The number of rotatable bonds is 17. The molecule has 0 aliphatic heterocycles. The largest absolute Gasteiger partial charge is 0.441 e. The lowest BCUT2D eigenvalue weighted by Gasteiger charge is -2.25. The highest BCUT2D eigenvalue weighted by molar-refractivity contribution is 5.83. The second kappa shape index (κ2) is 22.1. The van der Waals surface area contributed by atoms with E-state index < -0.39 is 12.2 Å². The molecule has 0 bridgehead atoms. The fourth-order valence-electron chi connectivity index (χ4n) is 8.08. The van der Waals surface area contributed by atoms with E-state index in [-0.39, 0.29) is 25.0 Å². The molecule has 1 heterocycles.